The lowest BCUT2D eigenvalue weighted by molar-refractivity contribution is -0.135. The zero-order valence-electron chi connectivity index (χ0n) is 22.0. The Labute approximate surface area is 215 Å². The maximum absolute atomic E-state index is 13.8. The van der Waals surface area contributed by atoms with Crippen molar-refractivity contribution in [1.82, 2.24) is 9.80 Å². The molecular formula is C26H36F3N3O5. The highest BCUT2D eigenvalue weighted by Crippen LogP contribution is 2.40. The summed E-state index contributed by atoms with van der Waals surface area (Å²) < 4.78 is 43.8. The van der Waals surface area contributed by atoms with Gasteiger partial charge in [0.05, 0.1) is 11.7 Å². The van der Waals surface area contributed by atoms with E-state index in [1.807, 2.05) is 13.8 Å². The third kappa shape index (κ3) is 6.48. The number of unbranched alkanes of at least 4 members (excludes halogenated alkanes) is 1. The molecule has 0 spiro atoms. The van der Waals surface area contributed by atoms with E-state index in [0.717, 1.165) is 0 Å². The molecule has 2 heterocycles. The molecule has 0 aromatic heterocycles. The molecule has 3 amide bonds. The number of aryl methyl sites for hydroxylation is 1. The van der Waals surface area contributed by atoms with Gasteiger partial charge < -0.3 is 24.5 Å². The van der Waals surface area contributed by atoms with E-state index in [4.69, 9.17) is 4.74 Å². The van der Waals surface area contributed by atoms with Crippen LogP contribution in [0.15, 0.2) is 12.1 Å². The van der Waals surface area contributed by atoms with Crippen molar-refractivity contribution in [3.63, 3.8) is 0 Å². The lowest BCUT2D eigenvalue weighted by Gasteiger charge is -2.41. The second-order valence-corrected chi connectivity index (χ2v) is 10.6. The van der Waals surface area contributed by atoms with Crippen molar-refractivity contribution in [3.05, 3.63) is 23.3 Å². The summed E-state index contributed by atoms with van der Waals surface area (Å²) in [4.78, 5) is 43.0. The van der Waals surface area contributed by atoms with E-state index in [1.165, 1.54) is 9.80 Å². The van der Waals surface area contributed by atoms with E-state index in [0.29, 0.717) is 42.0 Å². The van der Waals surface area contributed by atoms with Crippen LogP contribution < -0.4 is 9.64 Å². The molecule has 1 N–H and O–H groups in total. The van der Waals surface area contributed by atoms with Gasteiger partial charge in [0.15, 0.2) is 5.60 Å². The largest absolute Gasteiger partial charge is 0.476 e. The van der Waals surface area contributed by atoms with Gasteiger partial charge in [0.2, 0.25) is 0 Å². The van der Waals surface area contributed by atoms with Crippen LogP contribution in [-0.4, -0.2) is 76.3 Å². The van der Waals surface area contributed by atoms with Crippen molar-refractivity contribution in [1.29, 1.82) is 0 Å². The molecular weight excluding hydrogens is 491 g/mol. The summed E-state index contributed by atoms with van der Waals surface area (Å²) in [6.07, 6.45) is -4.90. The van der Waals surface area contributed by atoms with Crippen LogP contribution in [0.2, 0.25) is 0 Å². The zero-order valence-corrected chi connectivity index (χ0v) is 22.0. The summed E-state index contributed by atoms with van der Waals surface area (Å²) in [6.45, 7) is 9.40. The summed E-state index contributed by atoms with van der Waals surface area (Å²) in [5.74, 6) is -0.290. The van der Waals surface area contributed by atoms with Crippen molar-refractivity contribution in [2.24, 2.45) is 0 Å². The summed E-state index contributed by atoms with van der Waals surface area (Å²) >= 11 is 0. The molecule has 1 fully saturated rings. The monoisotopic (exact) mass is 527 g/mol. The summed E-state index contributed by atoms with van der Waals surface area (Å²) in [7, 11) is 0. The number of piperidine rings is 1. The molecule has 2 aliphatic rings. The fraction of sp³-hybridized carbons (Fsp3) is 0.654. The van der Waals surface area contributed by atoms with Crippen LogP contribution in [-0.2, 0) is 4.79 Å². The highest BCUT2D eigenvalue weighted by molar-refractivity contribution is 6.05. The van der Waals surface area contributed by atoms with E-state index in [9.17, 15) is 32.7 Å². The molecule has 3 rings (SSSR count). The molecule has 8 nitrogen and oxygen atoms in total. The Kier molecular flexibility index (Phi) is 8.34. The van der Waals surface area contributed by atoms with E-state index in [1.54, 1.807) is 37.8 Å². The minimum absolute atomic E-state index is 0.0650. The van der Waals surface area contributed by atoms with Gasteiger partial charge in [0, 0.05) is 37.7 Å². The molecule has 1 aromatic carbocycles. The van der Waals surface area contributed by atoms with Gasteiger partial charge in [-0.15, -0.1) is 0 Å². The first-order chi connectivity index (χ1) is 17.1. The fourth-order valence-corrected chi connectivity index (χ4v) is 5.08. The molecule has 0 bridgehead atoms. The normalized spacial score (nSPS) is 19.5. The summed E-state index contributed by atoms with van der Waals surface area (Å²) in [6, 6.07) is 2.75. The third-order valence-corrected chi connectivity index (χ3v) is 6.90. The molecule has 2 aliphatic heterocycles. The molecule has 206 valence electrons. The summed E-state index contributed by atoms with van der Waals surface area (Å²) in [5.41, 5.74) is 0.116. The topological polar surface area (TPSA) is 90.4 Å². The third-order valence-electron chi connectivity index (χ3n) is 6.90. The smallest absolute Gasteiger partial charge is 0.407 e. The molecule has 0 saturated carbocycles. The summed E-state index contributed by atoms with van der Waals surface area (Å²) in [5, 5.41) is 9.45. The number of amides is 3. The molecule has 11 heteroatoms. The Morgan fingerprint density at radius 2 is 1.92 bits per heavy atom. The van der Waals surface area contributed by atoms with Crippen molar-refractivity contribution >= 4 is 23.6 Å². The molecule has 0 unspecified atom stereocenters. The Bertz CT molecular complexity index is 1040. The number of alkyl halides is 3. The van der Waals surface area contributed by atoms with E-state index in [-0.39, 0.29) is 49.8 Å². The molecule has 1 saturated heterocycles. The molecule has 0 radical (unpaired) electrons. The van der Waals surface area contributed by atoms with Gasteiger partial charge in [-0.3, -0.25) is 9.59 Å². The van der Waals surface area contributed by atoms with Crippen molar-refractivity contribution in [3.8, 4) is 5.75 Å². The Balaban J connectivity index is 1.93. The number of likely N-dealkylation sites (tertiary alicyclic amines) is 1. The van der Waals surface area contributed by atoms with Crippen LogP contribution in [0.1, 0.15) is 75.7 Å². The average Bonchev–Trinajstić information content (AvgIpc) is 2.77. The zero-order chi connectivity index (χ0) is 27.7. The molecule has 1 atom stereocenters. The van der Waals surface area contributed by atoms with Crippen LogP contribution in [0.3, 0.4) is 0 Å². The van der Waals surface area contributed by atoms with Crippen molar-refractivity contribution in [2.75, 3.05) is 24.5 Å². The minimum Gasteiger partial charge on any atom is -0.476 e. The second-order valence-electron chi connectivity index (χ2n) is 10.6. The number of rotatable bonds is 7. The number of benzene rings is 1. The maximum Gasteiger partial charge on any atom is 0.407 e. The molecule has 0 aliphatic carbocycles. The number of ether oxygens (including phenoxy) is 1. The number of anilines is 1. The SMILES string of the molecule is Cc1cc2c(cc1C(=O)N(C(C)C)[C@@H]1CCCN(C(=O)O)C1)N(CCCCC(F)(F)F)C(=O)C(C)(C)O2. The lowest BCUT2D eigenvalue weighted by Crippen LogP contribution is -2.54. The number of carboxylic acid groups (broad SMARTS) is 1. The van der Waals surface area contributed by atoms with Gasteiger partial charge >= 0.3 is 12.3 Å². The highest BCUT2D eigenvalue weighted by atomic mass is 19.4. The predicted molar refractivity (Wildman–Crippen MR) is 132 cm³/mol. The molecule has 37 heavy (non-hydrogen) atoms. The minimum atomic E-state index is -4.27. The first-order valence-corrected chi connectivity index (χ1v) is 12.7. The van der Waals surface area contributed by atoms with Crippen LogP contribution in [0.4, 0.5) is 23.7 Å². The van der Waals surface area contributed by atoms with Crippen LogP contribution in [0.5, 0.6) is 5.75 Å². The van der Waals surface area contributed by atoms with Crippen LogP contribution in [0, 0.1) is 6.92 Å². The number of carbonyl (C=O) groups excluding carboxylic acids is 2. The van der Waals surface area contributed by atoms with Gasteiger partial charge in [-0.2, -0.15) is 13.2 Å². The average molecular weight is 528 g/mol. The fourth-order valence-electron chi connectivity index (χ4n) is 5.08. The first kappa shape index (κ1) is 28.6. The van der Waals surface area contributed by atoms with Gasteiger partial charge in [-0.1, -0.05) is 0 Å². The van der Waals surface area contributed by atoms with Crippen molar-refractivity contribution < 1.29 is 37.4 Å². The maximum atomic E-state index is 13.8. The van der Waals surface area contributed by atoms with Gasteiger partial charge in [-0.25, -0.2) is 4.79 Å². The van der Waals surface area contributed by atoms with E-state index in [2.05, 4.69) is 0 Å². The Hall–Kier alpha value is -2.98. The first-order valence-electron chi connectivity index (χ1n) is 12.7. The van der Waals surface area contributed by atoms with Gasteiger partial charge in [-0.05, 0) is 78.0 Å². The number of halogens is 3. The Morgan fingerprint density at radius 3 is 2.51 bits per heavy atom. The van der Waals surface area contributed by atoms with Crippen LogP contribution in [0.25, 0.3) is 0 Å². The predicted octanol–water partition coefficient (Wildman–Crippen LogP) is 5.22. The standard InChI is InChI=1S/C26H36F3N3O5/c1-16(2)32(18-9-8-11-30(15-18)24(35)36)22(33)19-14-20-21(13-17(19)3)37-25(4,5)23(34)31(20)12-7-6-10-26(27,28)29/h13-14,16,18H,6-12,15H2,1-5H3,(H,35,36)/t18-/m1/s1. The molecule has 1 aromatic rings. The lowest BCUT2D eigenvalue weighted by atomic mass is 9.97. The van der Waals surface area contributed by atoms with E-state index >= 15 is 0 Å². The van der Waals surface area contributed by atoms with E-state index < -0.39 is 24.3 Å². The number of hydrogen-bond donors (Lipinski definition) is 1. The highest BCUT2D eigenvalue weighted by Gasteiger charge is 2.42. The van der Waals surface area contributed by atoms with Gasteiger partial charge in [0.1, 0.15) is 5.75 Å². The second kappa shape index (κ2) is 10.8. The number of fused-ring (bicyclic) bond motifs is 1. The Morgan fingerprint density at radius 1 is 1.24 bits per heavy atom. The van der Waals surface area contributed by atoms with Crippen LogP contribution >= 0.6 is 0 Å². The number of carbonyl (C=O) groups is 3. The quantitative estimate of drug-likeness (QED) is 0.491. The van der Waals surface area contributed by atoms with Gasteiger partial charge in [0.25, 0.3) is 11.8 Å². The number of nitrogens with zero attached hydrogens (tertiary/aromatic N) is 3. The van der Waals surface area contributed by atoms with Crippen molar-refractivity contribution in [2.45, 2.75) is 90.6 Å². The number of hydrogen-bond acceptors (Lipinski definition) is 4.